The third-order valence-corrected chi connectivity index (χ3v) is 6.18. The summed E-state index contributed by atoms with van der Waals surface area (Å²) in [6, 6.07) is 0. The number of hydrogen-bond donors (Lipinski definition) is 0. The maximum absolute atomic E-state index is 11.9. The fourth-order valence-electron chi connectivity index (χ4n) is 3.79. The van der Waals surface area contributed by atoms with Gasteiger partial charge in [0.05, 0.1) is 13.2 Å². The van der Waals surface area contributed by atoms with E-state index in [0.29, 0.717) is 13.2 Å². The summed E-state index contributed by atoms with van der Waals surface area (Å²) in [5, 5.41) is -0.213. The van der Waals surface area contributed by atoms with Gasteiger partial charge in [0.1, 0.15) is 5.03 Å². The lowest BCUT2D eigenvalue weighted by molar-refractivity contribution is -0.141. The minimum Gasteiger partial charge on any atom is -0.462 e. The van der Waals surface area contributed by atoms with Gasteiger partial charge in [-0.05, 0) is 12.8 Å². The van der Waals surface area contributed by atoms with E-state index in [2.05, 4.69) is 13.8 Å². The molecule has 0 aliphatic carbocycles. The molecule has 0 unspecified atom stereocenters. The molecule has 0 heterocycles. The van der Waals surface area contributed by atoms with Crippen LogP contribution in [0.2, 0.25) is 0 Å². The Kier molecular flexibility index (Phi) is 24.8. The topological polar surface area (TPSA) is 52.6 Å². The van der Waals surface area contributed by atoms with Gasteiger partial charge in [0.15, 0.2) is 0 Å². The zero-order valence-corrected chi connectivity index (χ0v) is 22.4. The average molecular weight is 487 g/mol. The number of esters is 2. The first-order valence-corrected chi connectivity index (χ1v) is 14.2. The van der Waals surface area contributed by atoms with Gasteiger partial charge in [0.25, 0.3) is 0 Å². The lowest BCUT2D eigenvalue weighted by atomic mass is 10.1. The highest BCUT2D eigenvalue weighted by molar-refractivity contribution is 6.42. The number of ether oxygens (including phenoxy) is 2. The van der Waals surface area contributed by atoms with Crippen molar-refractivity contribution >= 4 is 23.5 Å². The van der Waals surface area contributed by atoms with Crippen LogP contribution >= 0.6 is 11.6 Å². The summed E-state index contributed by atoms with van der Waals surface area (Å²) in [5.74, 6) is -1.23. The molecule has 0 aromatic rings. The predicted molar refractivity (Wildman–Crippen MR) is 140 cm³/mol. The number of rotatable bonds is 24. The van der Waals surface area contributed by atoms with E-state index in [9.17, 15) is 9.59 Å². The number of halogens is 1. The van der Waals surface area contributed by atoms with Crippen molar-refractivity contribution in [1.29, 1.82) is 0 Å². The highest BCUT2D eigenvalue weighted by Gasteiger charge is 2.11. The Bertz CT molecular complexity index is 490. The second kappa shape index (κ2) is 25.6. The van der Waals surface area contributed by atoms with Gasteiger partial charge >= 0.3 is 11.9 Å². The maximum Gasteiger partial charge on any atom is 0.350 e. The van der Waals surface area contributed by atoms with E-state index in [1.165, 1.54) is 103 Å². The van der Waals surface area contributed by atoms with Crippen molar-refractivity contribution in [1.82, 2.24) is 0 Å². The van der Waals surface area contributed by atoms with Crippen LogP contribution in [0.5, 0.6) is 0 Å². The van der Waals surface area contributed by atoms with E-state index >= 15 is 0 Å². The largest absolute Gasteiger partial charge is 0.462 e. The molecular formula is C28H51ClO4. The van der Waals surface area contributed by atoms with Crippen LogP contribution in [0, 0.1) is 0 Å². The number of carbonyl (C=O) groups excluding carboxylic acids is 2. The van der Waals surface area contributed by atoms with E-state index in [-0.39, 0.29) is 5.03 Å². The SMILES string of the molecule is CCCCCCCCCCCCOC(=O)C=C(Cl)C(=O)OCCCCCCCCCCCC. The standard InChI is InChI=1S/C28H51ClO4/c1-3-5-7-9-11-13-15-17-19-21-23-32-27(30)25-26(29)28(31)33-24-22-20-18-16-14-12-10-8-6-4-2/h25H,3-24H2,1-2H3. The maximum atomic E-state index is 11.9. The molecule has 0 saturated carbocycles. The van der Waals surface area contributed by atoms with Gasteiger partial charge in [-0.15, -0.1) is 0 Å². The number of hydrogen-bond acceptors (Lipinski definition) is 4. The molecule has 0 aliphatic heterocycles. The summed E-state index contributed by atoms with van der Waals surface area (Å²) in [7, 11) is 0. The van der Waals surface area contributed by atoms with E-state index < -0.39 is 11.9 Å². The molecular weight excluding hydrogens is 436 g/mol. The van der Waals surface area contributed by atoms with Crippen molar-refractivity contribution in [3.8, 4) is 0 Å². The first kappa shape index (κ1) is 32.0. The first-order chi connectivity index (χ1) is 16.1. The van der Waals surface area contributed by atoms with Crippen molar-refractivity contribution in [3.05, 3.63) is 11.1 Å². The first-order valence-electron chi connectivity index (χ1n) is 13.8. The van der Waals surface area contributed by atoms with E-state index in [1.807, 2.05) is 0 Å². The van der Waals surface area contributed by atoms with Crippen LogP contribution in [0.1, 0.15) is 142 Å². The molecule has 0 N–H and O–H groups in total. The Balaban J connectivity index is 3.56. The normalized spacial score (nSPS) is 11.5. The Morgan fingerprint density at radius 3 is 1.27 bits per heavy atom. The molecule has 33 heavy (non-hydrogen) atoms. The van der Waals surface area contributed by atoms with Gasteiger partial charge in [-0.2, -0.15) is 0 Å². The summed E-state index contributed by atoms with van der Waals surface area (Å²) in [6.07, 6.45) is 25.5. The summed E-state index contributed by atoms with van der Waals surface area (Å²) < 4.78 is 10.3. The Morgan fingerprint density at radius 2 is 0.879 bits per heavy atom. The molecule has 0 aromatic carbocycles. The third kappa shape index (κ3) is 23.9. The van der Waals surface area contributed by atoms with Gasteiger partial charge in [0, 0.05) is 6.08 Å². The highest BCUT2D eigenvalue weighted by Crippen LogP contribution is 2.12. The third-order valence-electron chi connectivity index (χ3n) is 5.91. The fraction of sp³-hybridized carbons (Fsp3) is 0.857. The lowest BCUT2D eigenvalue weighted by Crippen LogP contribution is -2.09. The minimum absolute atomic E-state index is 0.213. The quantitative estimate of drug-likeness (QED) is 0.0775. The van der Waals surface area contributed by atoms with Crippen LogP contribution in [-0.2, 0) is 19.1 Å². The van der Waals surface area contributed by atoms with Crippen LogP contribution in [0.25, 0.3) is 0 Å². The molecule has 0 spiro atoms. The van der Waals surface area contributed by atoms with Crippen molar-refractivity contribution < 1.29 is 19.1 Å². The number of carbonyl (C=O) groups is 2. The second-order valence-electron chi connectivity index (χ2n) is 9.16. The zero-order valence-electron chi connectivity index (χ0n) is 21.6. The second-order valence-corrected chi connectivity index (χ2v) is 9.57. The van der Waals surface area contributed by atoms with Crippen LogP contribution in [-0.4, -0.2) is 25.2 Å². The molecule has 0 radical (unpaired) electrons. The lowest BCUT2D eigenvalue weighted by Gasteiger charge is -2.05. The van der Waals surface area contributed by atoms with E-state index in [0.717, 1.165) is 31.8 Å². The Hall–Kier alpha value is -1.03. The van der Waals surface area contributed by atoms with Crippen LogP contribution < -0.4 is 0 Å². The average Bonchev–Trinajstić information content (AvgIpc) is 2.80. The summed E-state index contributed by atoms with van der Waals surface area (Å²) in [4.78, 5) is 23.7. The molecule has 4 nitrogen and oxygen atoms in total. The molecule has 5 heteroatoms. The van der Waals surface area contributed by atoms with Gasteiger partial charge in [0.2, 0.25) is 0 Å². The highest BCUT2D eigenvalue weighted by atomic mass is 35.5. The van der Waals surface area contributed by atoms with Gasteiger partial charge in [-0.25, -0.2) is 9.59 Å². The van der Waals surface area contributed by atoms with E-state index in [4.69, 9.17) is 21.1 Å². The fourth-order valence-corrected chi connectivity index (χ4v) is 3.93. The van der Waals surface area contributed by atoms with Crippen molar-refractivity contribution in [2.45, 2.75) is 142 Å². The van der Waals surface area contributed by atoms with Crippen LogP contribution in [0.15, 0.2) is 11.1 Å². The van der Waals surface area contributed by atoms with Gasteiger partial charge in [-0.3, -0.25) is 0 Å². The van der Waals surface area contributed by atoms with Crippen molar-refractivity contribution in [3.63, 3.8) is 0 Å². The molecule has 0 fully saturated rings. The molecule has 0 saturated heterocycles. The number of unbranched alkanes of at least 4 members (excludes halogenated alkanes) is 18. The minimum atomic E-state index is -0.650. The molecule has 0 atom stereocenters. The van der Waals surface area contributed by atoms with Gasteiger partial charge in [-0.1, -0.05) is 141 Å². The van der Waals surface area contributed by atoms with Crippen molar-refractivity contribution in [2.24, 2.45) is 0 Å². The molecule has 0 amide bonds. The molecule has 0 bridgehead atoms. The molecule has 0 aromatic heterocycles. The summed E-state index contributed by atoms with van der Waals surface area (Å²) >= 11 is 5.89. The van der Waals surface area contributed by atoms with Crippen LogP contribution in [0.4, 0.5) is 0 Å². The predicted octanol–water partition coefficient (Wildman–Crippen LogP) is 9.04. The summed E-state index contributed by atoms with van der Waals surface area (Å²) in [6.45, 7) is 5.18. The summed E-state index contributed by atoms with van der Waals surface area (Å²) in [5.41, 5.74) is 0. The smallest absolute Gasteiger partial charge is 0.350 e. The zero-order chi connectivity index (χ0) is 24.4. The Morgan fingerprint density at radius 1 is 0.545 bits per heavy atom. The van der Waals surface area contributed by atoms with E-state index in [1.54, 1.807) is 0 Å². The van der Waals surface area contributed by atoms with Gasteiger partial charge < -0.3 is 9.47 Å². The van der Waals surface area contributed by atoms with Crippen molar-refractivity contribution in [2.75, 3.05) is 13.2 Å². The Labute approximate surface area is 209 Å². The molecule has 0 aliphatic rings. The monoisotopic (exact) mass is 486 g/mol. The molecule has 0 rings (SSSR count). The molecule has 194 valence electrons. The van der Waals surface area contributed by atoms with Crippen LogP contribution in [0.3, 0.4) is 0 Å².